The van der Waals surface area contributed by atoms with Crippen LogP contribution in [0.5, 0.6) is 0 Å². The summed E-state index contributed by atoms with van der Waals surface area (Å²) in [6.07, 6.45) is 2.63. The first kappa shape index (κ1) is 12.8. The van der Waals surface area contributed by atoms with Crippen molar-refractivity contribution < 1.29 is 14.6 Å². The van der Waals surface area contributed by atoms with Crippen LogP contribution in [0.4, 0.5) is 0 Å². The number of nitrogens with zero attached hydrogens (tertiary/aromatic N) is 1. The van der Waals surface area contributed by atoms with Crippen molar-refractivity contribution in [1.29, 1.82) is 0 Å². The molecule has 2 rings (SSSR count). The third-order valence-electron chi connectivity index (χ3n) is 4.74. The number of ether oxygens (including phenoxy) is 1. The smallest absolute Gasteiger partial charge is 0.310 e. The molecule has 0 amide bonds. The lowest BCUT2D eigenvalue weighted by atomic mass is 9.84. The van der Waals surface area contributed by atoms with Gasteiger partial charge in [-0.05, 0) is 38.6 Å². The highest BCUT2D eigenvalue weighted by molar-refractivity contribution is 5.75. The van der Waals surface area contributed by atoms with Gasteiger partial charge in [0.25, 0.3) is 0 Å². The van der Waals surface area contributed by atoms with Crippen LogP contribution >= 0.6 is 0 Å². The molecule has 0 aromatic carbocycles. The Morgan fingerprint density at radius 1 is 1.65 bits per heavy atom. The van der Waals surface area contributed by atoms with Crippen LogP contribution in [0.1, 0.15) is 33.1 Å². The molecule has 2 aliphatic heterocycles. The maximum Gasteiger partial charge on any atom is 0.310 e. The Kier molecular flexibility index (Phi) is 3.73. The third kappa shape index (κ3) is 2.33. The van der Waals surface area contributed by atoms with Crippen molar-refractivity contribution >= 4 is 5.97 Å². The molecule has 0 aromatic rings. The maximum atomic E-state index is 11.4. The summed E-state index contributed by atoms with van der Waals surface area (Å²) < 4.78 is 5.42. The van der Waals surface area contributed by atoms with E-state index in [1.54, 1.807) is 0 Å². The Balaban J connectivity index is 1.98. The Bertz CT molecular complexity index is 288. The van der Waals surface area contributed by atoms with Crippen molar-refractivity contribution in [2.24, 2.45) is 11.3 Å². The molecule has 2 fully saturated rings. The number of aliphatic carboxylic acids is 1. The van der Waals surface area contributed by atoms with Gasteiger partial charge in [0.15, 0.2) is 0 Å². The number of rotatable bonds is 4. The van der Waals surface area contributed by atoms with Crippen LogP contribution in [-0.4, -0.2) is 48.3 Å². The second-order valence-electron chi connectivity index (χ2n) is 5.52. The van der Waals surface area contributed by atoms with Crippen molar-refractivity contribution in [2.75, 3.05) is 26.3 Å². The SMILES string of the molecule is CCC1(C(=O)O)CCN(C(C)C2CCOC2)C1. The summed E-state index contributed by atoms with van der Waals surface area (Å²) in [5.41, 5.74) is -0.506. The Labute approximate surface area is 103 Å². The second kappa shape index (κ2) is 4.94. The van der Waals surface area contributed by atoms with E-state index in [4.69, 9.17) is 4.74 Å². The average molecular weight is 241 g/mol. The van der Waals surface area contributed by atoms with E-state index in [1.165, 1.54) is 0 Å². The zero-order valence-electron chi connectivity index (χ0n) is 10.8. The van der Waals surface area contributed by atoms with E-state index in [-0.39, 0.29) is 0 Å². The van der Waals surface area contributed by atoms with E-state index >= 15 is 0 Å². The van der Waals surface area contributed by atoms with Gasteiger partial charge in [-0.25, -0.2) is 0 Å². The topological polar surface area (TPSA) is 49.8 Å². The van der Waals surface area contributed by atoms with Crippen molar-refractivity contribution in [3.05, 3.63) is 0 Å². The highest BCUT2D eigenvalue weighted by atomic mass is 16.5. The lowest BCUT2D eigenvalue weighted by molar-refractivity contribution is -0.148. The van der Waals surface area contributed by atoms with Gasteiger partial charge in [-0.1, -0.05) is 6.92 Å². The summed E-state index contributed by atoms with van der Waals surface area (Å²) in [5, 5.41) is 9.38. The van der Waals surface area contributed by atoms with E-state index in [2.05, 4.69) is 11.8 Å². The zero-order chi connectivity index (χ0) is 12.5. The predicted molar refractivity (Wildman–Crippen MR) is 64.9 cm³/mol. The number of hydrogen-bond donors (Lipinski definition) is 1. The summed E-state index contributed by atoms with van der Waals surface area (Å²) >= 11 is 0. The molecule has 0 spiro atoms. The molecular weight excluding hydrogens is 218 g/mol. The minimum Gasteiger partial charge on any atom is -0.481 e. The van der Waals surface area contributed by atoms with Gasteiger partial charge in [-0.15, -0.1) is 0 Å². The van der Waals surface area contributed by atoms with Crippen LogP contribution in [0, 0.1) is 11.3 Å². The van der Waals surface area contributed by atoms with Gasteiger partial charge in [-0.2, -0.15) is 0 Å². The average Bonchev–Trinajstić information content (AvgIpc) is 2.98. The van der Waals surface area contributed by atoms with Crippen LogP contribution < -0.4 is 0 Å². The molecular formula is C13H23NO3. The minimum absolute atomic E-state index is 0.449. The molecule has 98 valence electrons. The molecule has 0 aromatic heterocycles. The fraction of sp³-hybridized carbons (Fsp3) is 0.923. The van der Waals surface area contributed by atoms with Crippen molar-refractivity contribution in [3.63, 3.8) is 0 Å². The van der Waals surface area contributed by atoms with Crippen molar-refractivity contribution in [1.82, 2.24) is 4.90 Å². The fourth-order valence-corrected chi connectivity index (χ4v) is 3.10. The molecule has 17 heavy (non-hydrogen) atoms. The van der Waals surface area contributed by atoms with Gasteiger partial charge in [0.05, 0.1) is 12.0 Å². The minimum atomic E-state index is -0.627. The molecule has 3 unspecified atom stereocenters. The Morgan fingerprint density at radius 3 is 2.88 bits per heavy atom. The highest BCUT2D eigenvalue weighted by Gasteiger charge is 2.45. The molecule has 2 aliphatic rings. The van der Waals surface area contributed by atoms with E-state index in [0.29, 0.717) is 18.5 Å². The van der Waals surface area contributed by atoms with Gasteiger partial charge in [0.2, 0.25) is 0 Å². The first-order valence-corrected chi connectivity index (χ1v) is 6.64. The van der Waals surface area contributed by atoms with Crippen LogP contribution in [-0.2, 0) is 9.53 Å². The van der Waals surface area contributed by atoms with Crippen molar-refractivity contribution in [3.8, 4) is 0 Å². The molecule has 2 heterocycles. The quantitative estimate of drug-likeness (QED) is 0.812. The predicted octanol–water partition coefficient (Wildman–Crippen LogP) is 1.60. The molecule has 1 N–H and O–H groups in total. The summed E-state index contributed by atoms with van der Waals surface area (Å²) in [4.78, 5) is 13.7. The van der Waals surface area contributed by atoms with Gasteiger partial charge in [0, 0.05) is 19.2 Å². The van der Waals surface area contributed by atoms with E-state index < -0.39 is 11.4 Å². The van der Waals surface area contributed by atoms with E-state index in [1.807, 2.05) is 6.92 Å². The van der Waals surface area contributed by atoms with Gasteiger partial charge >= 0.3 is 5.97 Å². The molecule has 0 aliphatic carbocycles. The molecule has 0 bridgehead atoms. The number of likely N-dealkylation sites (tertiary alicyclic amines) is 1. The van der Waals surface area contributed by atoms with E-state index in [0.717, 1.165) is 39.0 Å². The number of carbonyl (C=O) groups is 1. The lowest BCUT2D eigenvalue weighted by Crippen LogP contribution is -2.40. The van der Waals surface area contributed by atoms with Gasteiger partial charge in [-0.3, -0.25) is 9.69 Å². The van der Waals surface area contributed by atoms with Crippen LogP contribution in [0.25, 0.3) is 0 Å². The van der Waals surface area contributed by atoms with Crippen LogP contribution in [0.2, 0.25) is 0 Å². The molecule has 2 saturated heterocycles. The van der Waals surface area contributed by atoms with Gasteiger partial charge in [0.1, 0.15) is 0 Å². The van der Waals surface area contributed by atoms with Crippen molar-refractivity contribution in [2.45, 2.75) is 39.2 Å². The Hall–Kier alpha value is -0.610. The zero-order valence-corrected chi connectivity index (χ0v) is 10.8. The fourth-order valence-electron chi connectivity index (χ4n) is 3.10. The molecule has 0 radical (unpaired) electrons. The standard InChI is InChI=1S/C13H23NO3/c1-3-13(12(15)16)5-6-14(9-13)10(2)11-4-7-17-8-11/h10-11H,3-9H2,1-2H3,(H,15,16). The molecule has 0 saturated carbocycles. The molecule has 4 heteroatoms. The monoisotopic (exact) mass is 241 g/mol. The number of carboxylic acids is 1. The lowest BCUT2D eigenvalue weighted by Gasteiger charge is -2.30. The first-order chi connectivity index (χ1) is 8.09. The van der Waals surface area contributed by atoms with Gasteiger partial charge < -0.3 is 9.84 Å². The summed E-state index contributed by atoms with van der Waals surface area (Å²) in [7, 11) is 0. The maximum absolute atomic E-state index is 11.4. The molecule has 3 atom stereocenters. The third-order valence-corrected chi connectivity index (χ3v) is 4.74. The van der Waals surface area contributed by atoms with Crippen LogP contribution in [0.3, 0.4) is 0 Å². The van der Waals surface area contributed by atoms with Crippen LogP contribution in [0.15, 0.2) is 0 Å². The number of carboxylic acid groups (broad SMARTS) is 1. The Morgan fingerprint density at radius 2 is 2.41 bits per heavy atom. The summed E-state index contributed by atoms with van der Waals surface area (Å²) in [5.74, 6) is -0.0474. The number of hydrogen-bond acceptors (Lipinski definition) is 3. The second-order valence-corrected chi connectivity index (χ2v) is 5.52. The molecule has 4 nitrogen and oxygen atoms in total. The first-order valence-electron chi connectivity index (χ1n) is 6.64. The summed E-state index contributed by atoms with van der Waals surface area (Å²) in [6, 6.07) is 0.449. The van der Waals surface area contributed by atoms with E-state index in [9.17, 15) is 9.90 Å². The summed E-state index contributed by atoms with van der Waals surface area (Å²) in [6.45, 7) is 7.52. The normalized spacial score (nSPS) is 36.2. The highest BCUT2D eigenvalue weighted by Crippen LogP contribution is 2.36. The largest absolute Gasteiger partial charge is 0.481 e.